The van der Waals surface area contributed by atoms with E-state index in [0.717, 1.165) is 35.8 Å². The monoisotopic (exact) mass is 491 g/mol. The SMILES string of the molecule is CC(C(=O)NCC(C)(C)C)N1Cc2sc(-c3nc(NC4CCOCC4)ncc3Cl)cc2C1=O. The van der Waals surface area contributed by atoms with E-state index in [1.54, 1.807) is 18.0 Å². The predicted octanol–water partition coefficient (Wildman–Crippen LogP) is 3.96. The highest BCUT2D eigenvalue weighted by Gasteiger charge is 2.36. The fourth-order valence-electron chi connectivity index (χ4n) is 3.81. The molecular formula is C23H30ClN5O3S. The number of carbonyl (C=O) groups is 2. The summed E-state index contributed by atoms with van der Waals surface area (Å²) in [4.78, 5) is 37.9. The van der Waals surface area contributed by atoms with Crippen LogP contribution in [0.3, 0.4) is 0 Å². The minimum absolute atomic E-state index is 0.0207. The molecule has 2 aromatic rings. The normalized spacial score (nSPS) is 17.7. The van der Waals surface area contributed by atoms with Gasteiger partial charge in [0.25, 0.3) is 5.91 Å². The maximum atomic E-state index is 13.1. The molecule has 4 rings (SSSR count). The Morgan fingerprint density at radius 1 is 1.36 bits per heavy atom. The van der Waals surface area contributed by atoms with Crippen LogP contribution in [0.2, 0.25) is 5.02 Å². The predicted molar refractivity (Wildman–Crippen MR) is 130 cm³/mol. The molecule has 2 aliphatic heterocycles. The lowest BCUT2D eigenvalue weighted by Gasteiger charge is -2.26. The van der Waals surface area contributed by atoms with Crippen LogP contribution in [0.15, 0.2) is 12.3 Å². The van der Waals surface area contributed by atoms with Crippen molar-refractivity contribution in [2.75, 3.05) is 25.1 Å². The molecule has 0 radical (unpaired) electrons. The third-order valence-corrected chi connectivity index (χ3v) is 7.19. The van der Waals surface area contributed by atoms with Crippen molar-refractivity contribution >= 4 is 40.7 Å². The Balaban J connectivity index is 1.47. The second-order valence-corrected chi connectivity index (χ2v) is 11.3. The zero-order valence-corrected chi connectivity index (χ0v) is 21.0. The first-order valence-electron chi connectivity index (χ1n) is 11.2. The lowest BCUT2D eigenvalue weighted by molar-refractivity contribution is -0.125. The van der Waals surface area contributed by atoms with Crippen molar-refractivity contribution in [2.45, 2.75) is 59.2 Å². The van der Waals surface area contributed by atoms with Gasteiger partial charge in [-0.2, -0.15) is 0 Å². The van der Waals surface area contributed by atoms with Gasteiger partial charge in [0, 0.05) is 30.7 Å². The maximum Gasteiger partial charge on any atom is 0.256 e. The Labute approximate surface area is 203 Å². The number of nitrogens with zero attached hydrogens (tertiary/aromatic N) is 3. The molecule has 0 saturated carbocycles. The van der Waals surface area contributed by atoms with Crippen LogP contribution in [0.4, 0.5) is 5.95 Å². The van der Waals surface area contributed by atoms with Gasteiger partial charge in [-0.25, -0.2) is 9.97 Å². The van der Waals surface area contributed by atoms with E-state index in [4.69, 9.17) is 16.3 Å². The number of hydrogen-bond acceptors (Lipinski definition) is 7. The molecule has 2 aliphatic rings. The molecule has 4 heterocycles. The van der Waals surface area contributed by atoms with E-state index < -0.39 is 6.04 Å². The van der Waals surface area contributed by atoms with Gasteiger partial charge >= 0.3 is 0 Å². The molecular weight excluding hydrogens is 462 g/mol. The first-order chi connectivity index (χ1) is 15.6. The van der Waals surface area contributed by atoms with Crippen molar-refractivity contribution in [3.8, 4) is 10.6 Å². The Morgan fingerprint density at radius 2 is 2.09 bits per heavy atom. The van der Waals surface area contributed by atoms with E-state index in [2.05, 4.69) is 41.4 Å². The summed E-state index contributed by atoms with van der Waals surface area (Å²) in [6, 6.07) is 1.55. The van der Waals surface area contributed by atoms with Crippen molar-refractivity contribution < 1.29 is 14.3 Å². The summed E-state index contributed by atoms with van der Waals surface area (Å²) in [7, 11) is 0. The highest BCUT2D eigenvalue weighted by atomic mass is 35.5. The lowest BCUT2D eigenvalue weighted by atomic mass is 9.97. The van der Waals surface area contributed by atoms with Gasteiger partial charge in [0.1, 0.15) is 11.7 Å². The number of thiophene rings is 1. The smallest absolute Gasteiger partial charge is 0.256 e. The van der Waals surface area contributed by atoms with E-state index >= 15 is 0 Å². The second-order valence-electron chi connectivity index (χ2n) is 9.76. The Kier molecular flexibility index (Phi) is 6.93. The van der Waals surface area contributed by atoms with Crippen LogP contribution < -0.4 is 10.6 Å². The van der Waals surface area contributed by atoms with Crippen LogP contribution in [-0.4, -0.2) is 58.5 Å². The fraction of sp³-hybridized carbons (Fsp3) is 0.565. The highest BCUT2D eigenvalue weighted by Crippen LogP contribution is 2.39. The van der Waals surface area contributed by atoms with Crippen molar-refractivity contribution in [1.82, 2.24) is 20.2 Å². The summed E-state index contributed by atoms with van der Waals surface area (Å²) < 4.78 is 5.40. The molecule has 33 heavy (non-hydrogen) atoms. The Morgan fingerprint density at radius 3 is 2.76 bits per heavy atom. The van der Waals surface area contributed by atoms with Crippen molar-refractivity contribution in [3.05, 3.63) is 27.7 Å². The summed E-state index contributed by atoms with van der Waals surface area (Å²) in [6.45, 7) is 10.3. The number of aromatic nitrogens is 2. The molecule has 8 nitrogen and oxygen atoms in total. The Hall–Kier alpha value is -2.23. The maximum absolute atomic E-state index is 13.1. The second kappa shape index (κ2) is 9.56. The molecule has 2 aromatic heterocycles. The summed E-state index contributed by atoms with van der Waals surface area (Å²) in [6.07, 6.45) is 3.40. The first kappa shape index (κ1) is 23.9. The van der Waals surface area contributed by atoms with Crippen LogP contribution in [0.5, 0.6) is 0 Å². The topological polar surface area (TPSA) is 96.5 Å². The number of anilines is 1. The lowest BCUT2D eigenvalue weighted by Crippen LogP contribution is -2.47. The third-order valence-electron chi connectivity index (χ3n) is 5.79. The number of carbonyl (C=O) groups excluding carboxylic acids is 2. The summed E-state index contributed by atoms with van der Waals surface area (Å²) in [5.41, 5.74) is 1.20. The average Bonchev–Trinajstić information content (AvgIpc) is 3.32. The molecule has 1 saturated heterocycles. The third kappa shape index (κ3) is 5.47. The minimum atomic E-state index is -0.541. The molecule has 1 unspecified atom stereocenters. The van der Waals surface area contributed by atoms with Gasteiger partial charge in [0.15, 0.2) is 0 Å². The zero-order chi connectivity index (χ0) is 23.8. The first-order valence-corrected chi connectivity index (χ1v) is 12.4. The molecule has 1 fully saturated rings. The molecule has 1 atom stereocenters. The molecule has 0 bridgehead atoms. The zero-order valence-electron chi connectivity index (χ0n) is 19.4. The summed E-state index contributed by atoms with van der Waals surface area (Å²) >= 11 is 7.89. The van der Waals surface area contributed by atoms with Gasteiger partial charge in [0.05, 0.1) is 28.2 Å². The average molecular weight is 492 g/mol. The number of fused-ring (bicyclic) bond motifs is 1. The standard InChI is InChI=1S/C23H30ClN5O3S/c1-13(20(30)26-12-23(2,3)4)29-11-18-15(21(29)31)9-17(33-18)19-16(24)10-25-22(28-19)27-14-5-7-32-8-6-14/h9-10,13-14H,5-8,11-12H2,1-4H3,(H,26,30)(H,25,27,28). The molecule has 0 aliphatic carbocycles. The van der Waals surface area contributed by atoms with Gasteiger partial charge < -0.3 is 20.3 Å². The van der Waals surface area contributed by atoms with E-state index in [1.165, 1.54) is 11.3 Å². The van der Waals surface area contributed by atoms with Crippen LogP contribution in [0.25, 0.3) is 10.6 Å². The number of hydrogen-bond donors (Lipinski definition) is 2. The van der Waals surface area contributed by atoms with Crippen LogP contribution >= 0.6 is 22.9 Å². The van der Waals surface area contributed by atoms with Crippen LogP contribution in [0.1, 0.15) is 55.8 Å². The van der Waals surface area contributed by atoms with Crippen molar-refractivity contribution in [2.24, 2.45) is 5.41 Å². The highest BCUT2D eigenvalue weighted by molar-refractivity contribution is 7.16. The minimum Gasteiger partial charge on any atom is -0.381 e. The quantitative estimate of drug-likeness (QED) is 0.635. The van der Waals surface area contributed by atoms with E-state index in [1.807, 2.05) is 6.07 Å². The fourth-order valence-corrected chi connectivity index (χ4v) is 5.22. The van der Waals surface area contributed by atoms with E-state index in [-0.39, 0.29) is 23.3 Å². The van der Waals surface area contributed by atoms with E-state index in [0.29, 0.717) is 35.3 Å². The molecule has 2 N–H and O–H groups in total. The van der Waals surface area contributed by atoms with Crippen LogP contribution in [-0.2, 0) is 16.1 Å². The van der Waals surface area contributed by atoms with Gasteiger partial charge in [-0.05, 0) is 31.2 Å². The van der Waals surface area contributed by atoms with E-state index in [9.17, 15) is 9.59 Å². The summed E-state index contributed by atoms with van der Waals surface area (Å²) in [5.74, 6) is 0.236. The van der Waals surface area contributed by atoms with Gasteiger partial charge in [-0.15, -0.1) is 11.3 Å². The van der Waals surface area contributed by atoms with Gasteiger partial charge in [0.2, 0.25) is 11.9 Å². The molecule has 10 heteroatoms. The number of nitrogens with one attached hydrogen (secondary N) is 2. The van der Waals surface area contributed by atoms with Crippen LogP contribution in [0, 0.1) is 5.41 Å². The number of ether oxygens (including phenoxy) is 1. The van der Waals surface area contributed by atoms with Gasteiger partial charge in [-0.3, -0.25) is 9.59 Å². The molecule has 0 spiro atoms. The number of halogens is 1. The van der Waals surface area contributed by atoms with Crippen molar-refractivity contribution in [3.63, 3.8) is 0 Å². The van der Waals surface area contributed by atoms with Gasteiger partial charge in [-0.1, -0.05) is 32.4 Å². The largest absolute Gasteiger partial charge is 0.381 e. The molecule has 2 amide bonds. The number of rotatable bonds is 6. The molecule has 178 valence electrons. The summed E-state index contributed by atoms with van der Waals surface area (Å²) in [5, 5.41) is 6.74. The molecule has 0 aromatic carbocycles. The Bertz CT molecular complexity index is 1050. The van der Waals surface area contributed by atoms with Crippen molar-refractivity contribution in [1.29, 1.82) is 0 Å². The number of amides is 2.